The van der Waals surface area contributed by atoms with E-state index < -0.39 is 5.97 Å². The van der Waals surface area contributed by atoms with E-state index in [0.717, 1.165) is 0 Å². The molecule has 6 nitrogen and oxygen atoms in total. The molecule has 2 aromatic heterocycles. The molecule has 0 radical (unpaired) electrons. The van der Waals surface area contributed by atoms with Gasteiger partial charge in [0, 0.05) is 12.6 Å². The molecule has 0 spiro atoms. The molecule has 1 N–H and O–H groups in total. The highest BCUT2D eigenvalue weighted by atomic mass is 16.4. The van der Waals surface area contributed by atoms with E-state index in [0.29, 0.717) is 5.65 Å². The van der Waals surface area contributed by atoms with Gasteiger partial charge in [0.2, 0.25) is 0 Å². The Morgan fingerprint density at radius 2 is 2.19 bits per heavy atom. The van der Waals surface area contributed by atoms with Crippen LogP contribution in [0.5, 0.6) is 0 Å². The normalized spacial score (nSPS) is 10.5. The molecular formula is C10H9N3O3. The first kappa shape index (κ1) is 10.3. The summed E-state index contributed by atoms with van der Waals surface area (Å²) in [7, 11) is 0. The SMILES string of the molecule is O=C(O)CCc1nnc2ccccn2c1=O. The van der Waals surface area contributed by atoms with Crippen LogP contribution in [0.4, 0.5) is 0 Å². The Balaban J connectivity index is 2.45. The van der Waals surface area contributed by atoms with Gasteiger partial charge in [-0.2, -0.15) is 0 Å². The van der Waals surface area contributed by atoms with Gasteiger partial charge in [0.05, 0.1) is 6.42 Å². The third kappa shape index (κ3) is 1.90. The first-order valence-electron chi connectivity index (χ1n) is 4.73. The maximum absolute atomic E-state index is 11.8. The summed E-state index contributed by atoms with van der Waals surface area (Å²) < 4.78 is 1.35. The molecule has 2 rings (SSSR count). The van der Waals surface area contributed by atoms with Gasteiger partial charge in [0.1, 0.15) is 5.69 Å². The summed E-state index contributed by atoms with van der Waals surface area (Å²) in [4.78, 5) is 22.2. The van der Waals surface area contributed by atoms with Gasteiger partial charge in [-0.05, 0) is 12.1 Å². The van der Waals surface area contributed by atoms with Gasteiger partial charge in [0.15, 0.2) is 5.65 Å². The van der Waals surface area contributed by atoms with E-state index in [1.165, 1.54) is 4.40 Å². The van der Waals surface area contributed by atoms with Crippen molar-refractivity contribution >= 4 is 11.6 Å². The minimum Gasteiger partial charge on any atom is -0.481 e. The molecule has 0 bridgehead atoms. The molecular weight excluding hydrogens is 210 g/mol. The molecule has 0 unspecified atom stereocenters. The summed E-state index contributed by atoms with van der Waals surface area (Å²) >= 11 is 0. The number of rotatable bonds is 3. The van der Waals surface area contributed by atoms with Crippen LogP contribution in [-0.4, -0.2) is 25.7 Å². The Kier molecular flexibility index (Phi) is 2.63. The Hall–Kier alpha value is -2.24. The Morgan fingerprint density at radius 3 is 2.94 bits per heavy atom. The summed E-state index contributed by atoms with van der Waals surface area (Å²) in [6.07, 6.45) is 1.55. The Morgan fingerprint density at radius 1 is 1.38 bits per heavy atom. The predicted molar refractivity (Wildman–Crippen MR) is 55.2 cm³/mol. The number of carboxylic acids is 1. The molecule has 6 heteroatoms. The fourth-order valence-electron chi connectivity index (χ4n) is 1.36. The molecule has 0 amide bonds. The van der Waals surface area contributed by atoms with Crippen molar-refractivity contribution in [3.05, 3.63) is 40.4 Å². The van der Waals surface area contributed by atoms with Gasteiger partial charge in [-0.1, -0.05) is 6.07 Å². The van der Waals surface area contributed by atoms with E-state index in [-0.39, 0.29) is 24.1 Å². The molecule has 0 aromatic carbocycles. The zero-order valence-corrected chi connectivity index (χ0v) is 8.33. The lowest BCUT2D eigenvalue weighted by atomic mass is 10.2. The molecule has 2 aromatic rings. The van der Waals surface area contributed by atoms with Crippen LogP contribution in [-0.2, 0) is 11.2 Å². The number of hydrogen-bond donors (Lipinski definition) is 1. The van der Waals surface area contributed by atoms with E-state index in [2.05, 4.69) is 10.2 Å². The summed E-state index contributed by atoms with van der Waals surface area (Å²) in [5.41, 5.74) is 0.310. The number of pyridine rings is 1. The minimum atomic E-state index is -0.959. The molecule has 0 aliphatic heterocycles. The fraction of sp³-hybridized carbons (Fsp3) is 0.200. The number of hydrogen-bond acceptors (Lipinski definition) is 4. The highest BCUT2D eigenvalue weighted by molar-refractivity contribution is 5.66. The highest BCUT2D eigenvalue weighted by Gasteiger charge is 2.07. The second-order valence-corrected chi connectivity index (χ2v) is 3.27. The topological polar surface area (TPSA) is 84.6 Å². The maximum Gasteiger partial charge on any atom is 0.303 e. The lowest BCUT2D eigenvalue weighted by Crippen LogP contribution is -2.22. The number of carbonyl (C=O) groups is 1. The second kappa shape index (κ2) is 4.09. The molecule has 0 atom stereocenters. The average Bonchev–Trinajstić information content (AvgIpc) is 2.28. The van der Waals surface area contributed by atoms with E-state index in [1.807, 2.05) is 0 Å². The summed E-state index contributed by atoms with van der Waals surface area (Å²) in [6.45, 7) is 0. The van der Waals surface area contributed by atoms with Crippen LogP contribution < -0.4 is 5.56 Å². The number of carboxylic acid groups (broad SMARTS) is 1. The molecule has 0 aliphatic rings. The van der Waals surface area contributed by atoms with Crippen molar-refractivity contribution in [3.63, 3.8) is 0 Å². The molecule has 2 heterocycles. The summed E-state index contributed by atoms with van der Waals surface area (Å²) in [6, 6.07) is 5.12. The van der Waals surface area contributed by atoms with Crippen molar-refractivity contribution in [1.29, 1.82) is 0 Å². The first-order valence-corrected chi connectivity index (χ1v) is 4.73. The third-order valence-electron chi connectivity index (χ3n) is 2.15. The Labute approximate surface area is 90.2 Å². The predicted octanol–water partition coefficient (Wildman–Crippen LogP) is 0.107. The second-order valence-electron chi connectivity index (χ2n) is 3.27. The van der Waals surface area contributed by atoms with Crippen LogP contribution in [0.2, 0.25) is 0 Å². The lowest BCUT2D eigenvalue weighted by Gasteiger charge is -2.00. The van der Waals surface area contributed by atoms with Crippen molar-refractivity contribution < 1.29 is 9.90 Å². The summed E-state index contributed by atoms with van der Waals surface area (Å²) in [5, 5.41) is 16.1. The fourth-order valence-corrected chi connectivity index (χ4v) is 1.36. The van der Waals surface area contributed by atoms with Crippen molar-refractivity contribution in [1.82, 2.24) is 14.6 Å². The third-order valence-corrected chi connectivity index (χ3v) is 2.15. The van der Waals surface area contributed by atoms with Crippen LogP contribution in [0.25, 0.3) is 5.65 Å². The van der Waals surface area contributed by atoms with Crippen LogP contribution in [0.15, 0.2) is 29.2 Å². The van der Waals surface area contributed by atoms with Gasteiger partial charge in [0.25, 0.3) is 5.56 Å². The largest absolute Gasteiger partial charge is 0.481 e. The van der Waals surface area contributed by atoms with Crippen molar-refractivity contribution in [2.45, 2.75) is 12.8 Å². The van der Waals surface area contributed by atoms with Crippen molar-refractivity contribution in [2.24, 2.45) is 0 Å². The van der Waals surface area contributed by atoms with E-state index in [4.69, 9.17) is 5.11 Å². The van der Waals surface area contributed by atoms with Gasteiger partial charge in [-0.3, -0.25) is 14.0 Å². The number of fused-ring (bicyclic) bond motifs is 1. The molecule has 0 aliphatic carbocycles. The molecule has 0 fully saturated rings. The van der Waals surface area contributed by atoms with Crippen molar-refractivity contribution in [2.75, 3.05) is 0 Å². The Bertz CT molecular complexity index is 591. The van der Waals surface area contributed by atoms with E-state index in [1.54, 1.807) is 24.4 Å². The van der Waals surface area contributed by atoms with Gasteiger partial charge >= 0.3 is 5.97 Å². The highest BCUT2D eigenvalue weighted by Crippen LogP contribution is 1.96. The zero-order chi connectivity index (χ0) is 11.5. The molecule has 82 valence electrons. The smallest absolute Gasteiger partial charge is 0.303 e. The van der Waals surface area contributed by atoms with Gasteiger partial charge < -0.3 is 5.11 Å². The van der Waals surface area contributed by atoms with Crippen LogP contribution >= 0.6 is 0 Å². The van der Waals surface area contributed by atoms with E-state index >= 15 is 0 Å². The standard InChI is InChI=1S/C10H9N3O3/c14-9(15)5-4-7-10(16)13-6-2-1-3-8(13)12-11-7/h1-3,6H,4-5H2,(H,14,15). The van der Waals surface area contributed by atoms with Crippen LogP contribution in [0.3, 0.4) is 0 Å². The maximum atomic E-state index is 11.8. The number of nitrogens with zero attached hydrogens (tertiary/aromatic N) is 3. The zero-order valence-electron chi connectivity index (χ0n) is 8.33. The molecule has 0 saturated heterocycles. The van der Waals surface area contributed by atoms with Crippen molar-refractivity contribution in [3.8, 4) is 0 Å². The summed E-state index contributed by atoms with van der Waals surface area (Å²) in [5.74, 6) is -0.959. The van der Waals surface area contributed by atoms with Crippen LogP contribution in [0.1, 0.15) is 12.1 Å². The lowest BCUT2D eigenvalue weighted by molar-refractivity contribution is -0.136. The quantitative estimate of drug-likeness (QED) is 0.791. The van der Waals surface area contributed by atoms with Gasteiger partial charge in [-0.15, -0.1) is 10.2 Å². The number of aromatic nitrogens is 3. The molecule has 16 heavy (non-hydrogen) atoms. The first-order chi connectivity index (χ1) is 7.68. The number of aliphatic carboxylic acids is 1. The molecule has 0 saturated carbocycles. The van der Waals surface area contributed by atoms with Gasteiger partial charge in [-0.25, -0.2) is 0 Å². The number of aryl methyl sites for hydroxylation is 1. The average molecular weight is 219 g/mol. The van der Waals surface area contributed by atoms with Crippen LogP contribution in [0, 0.1) is 0 Å². The van der Waals surface area contributed by atoms with E-state index in [9.17, 15) is 9.59 Å². The minimum absolute atomic E-state index is 0.0962. The monoisotopic (exact) mass is 219 g/mol.